The van der Waals surface area contributed by atoms with Gasteiger partial charge in [-0.1, -0.05) is 12.2 Å². The third kappa shape index (κ3) is 2.62. The van der Waals surface area contributed by atoms with Crippen molar-refractivity contribution in [3.8, 4) is 5.69 Å². The van der Waals surface area contributed by atoms with Crippen LogP contribution in [0.25, 0.3) is 5.69 Å². The van der Waals surface area contributed by atoms with Crippen LogP contribution in [0.15, 0.2) is 24.5 Å². The van der Waals surface area contributed by atoms with E-state index in [0.717, 1.165) is 12.1 Å². The molecule has 1 aromatic carbocycles. The summed E-state index contributed by atoms with van der Waals surface area (Å²) in [5, 5.41) is 3.30. The molecule has 0 aliphatic rings. The van der Waals surface area contributed by atoms with Gasteiger partial charge in [-0.25, -0.2) is 13.5 Å². The van der Waals surface area contributed by atoms with Crippen LogP contribution in [-0.4, -0.2) is 14.8 Å². The Morgan fingerprint density at radius 1 is 1.20 bits per heavy atom. The van der Waals surface area contributed by atoms with Crippen LogP contribution in [0.2, 0.25) is 0 Å². The molecule has 0 amide bonds. The maximum absolute atomic E-state index is 13.8. The minimum absolute atomic E-state index is 0.0676. The summed E-state index contributed by atoms with van der Waals surface area (Å²) in [5.41, 5.74) is 3.31. The zero-order valence-corrected chi connectivity index (χ0v) is 10.4. The van der Waals surface area contributed by atoms with Gasteiger partial charge in [-0.05, 0) is 12.1 Å². The Labute approximate surface area is 114 Å². The van der Waals surface area contributed by atoms with Gasteiger partial charge in [-0.3, -0.25) is 0 Å². The van der Waals surface area contributed by atoms with E-state index in [1.54, 1.807) is 0 Å². The Kier molecular flexibility index (Phi) is 3.46. The van der Waals surface area contributed by atoms with Crippen molar-refractivity contribution >= 4 is 17.2 Å². The lowest BCUT2D eigenvalue weighted by Gasteiger charge is -2.07. The van der Waals surface area contributed by atoms with Gasteiger partial charge in [0.25, 0.3) is 0 Å². The van der Waals surface area contributed by atoms with E-state index < -0.39 is 29.1 Å². The second kappa shape index (κ2) is 4.82. The first-order chi connectivity index (χ1) is 9.20. The first-order valence-corrected chi connectivity index (χ1v) is 5.52. The summed E-state index contributed by atoms with van der Waals surface area (Å²) in [4.78, 5) is -0.231. The minimum atomic E-state index is -4.65. The molecule has 0 spiro atoms. The molecule has 0 saturated carbocycles. The van der Waals surface area contributed by atoms with Crippen molar-refractivity contribution < 1.29 is 22.0 Å². The molecular weight excluding hydrogens is 301 g/mol. The summed E-state index contributed by atoms with van der Waals surface area (Å²) in [6, 6.07) is 1.66. The second-order valence-corrected chi connectivity index (χ2v) is 4.26. The highest BCUT2D eigenvalue weighted by atomic mass is 32.1. The Morgan fingerprint density at radius 2 is 1.75 bits per heavy atom. The highest BCUT2D eigenvalue weighted by molar-refractivity contribution is 7.80. The van der Waals surface area contributed by atoms with E-state index in [1.165, 1.54) is 0 Å². The monoisotopic (exact) mass is 307 g/mol. The zero-order valence-electron chi connectivity index (χ0n) is 9.58. The third-order valence-corrected chi connectivity index (χ3v) is 2.68. The average Bonchev–Trinajstić information content (AvgIpc) is 2.76. The standard InChI is InChI=1S/C11H6F5N3S/c12-7-1-5(10(17)20)2-8(13)9(7)19-4-6(3-18-19)11(14,15)16/h1-4H,(H2,17,20). The van der Waals surface area contributed by atoms with E-state index in [2.05, 4.69) is 17.3 Å². The van der Waals surface area contributed by atoms with Gasteiger partial charge in [0.1, 0.15) is 10.7 Å². The van der Waals surface area contributed by atoms with Crippen molar-refractivity contribution in [2.75, 3.05) is 0 Å². The highest BCUT2D eigenvalue weighted by Gasteiger charge is 2.32. The van der Waals surface area contributed by atoms with Gasteiger partial charge >= 0.3 is 6.18 Å². The van der Waals surface area contributed by atoms with E-state index >= 15 is 0 Å². The van der Waals surface area contributed by atoms with E-state index in [0.29, 0.717) is 17.1 Å². The molecule has 0 fully saturated rings. The minimum Gasteiger partial charge on any atom is -0.389 e. The fraction of sp³-hybridized carbons (Fsp3) is 0.0909. The normalized spacial score (nSPS) is 11.7. The molecule has 0 atom stereocenters. The Bertz CT molecular complexity index is 654. The number of hydrogen-bond donors (Lipinski definition) is 1. The van der Waals surface area contributed by atoms with Crippen molar-refractivity contribution in [1.29, 1.82) is 0 Å². The topological polar surface area (TPSA) is 43.8 Å². The molecule has 0 saturated heterocycles. The van der Waals surface area contributed by atoms with E-state index in [-0.39, 0.29) is 10.6 Å². The number of aromatic nitrogens is 2. The maximum Gasteiger partial charge on any atom is 0.419 e. The van der Waals surface area contributed by atoms with Crippen molar-refractivity contribution in [1.82, 2.24) is 9.78 Å². The van der Waals surface area contributed by atoms with E-state index in [1.807, 2.05) is 0 Å². The van der Waals surface area contributed by atoms with Crippen LogP contribution >= 0.6 is 12.2 Å². The molecule has 9 heteroatoms. The zero-order chi connectivity index (χ0) is 15.1. The molecule has 1 aromatic heterocycles. The van der Waals surface area contributed by atoms with Gasteiger partial charge in [-0.2, -0.15) is 18.3 Å². The van der Waals surface area contributed by atoms with Crippen LogP contribution in [0.4, 0.5) is 22.0 Å². The van der Waals surface area contributed by atoms with Gasteiger partial charge in [0.2, 0.25) is 0 Å². The molecule has 0 aliphatic heterocycles. The molecule has 2 N–H and O–H groups in total. The Hall–Kier alpha value is -2.03. The van der Waals surface area contributed by atoms with Crippen LogP contribution in [-0.2, 0) is 6.18 Å². The molecule has 0 aliphatic carbocycles. The smallest absolute Gasteiger partial charge is 0.389 e. The predicted octanol–water partition coefficient (Wildman–Crippen LogP) is 2.80. The molecule has 20 heavy (non-hydrogen) atoms. The quantitative estimate of drug-likeness (QED) is 0.685. The lowest BCUT2D eigenvalue weighted by atomic mass is 10.2. The van der Waals surface area contributed by atoms with Crippen LogP contribution in [0, 0.1) is 11.6 Å². The first kappa shape index (κ1) is 14.4. The molecule has 1 heterocycles. The molecule has 0 radical (unpaired) electrons. The van der Waals surface area contributed by atoms with Crippen molar-refractivity contribution in [3.63, 3.8) is 0 Å². The van der Waals surface area contributed by atoms with Crippen molar-refractivity contribution in [2.45, 2.75) is 6.18 Å². The van der Waals surface area contributed by atoms with Crippen LogP contribution in [0.5, 0.6) is 0 Å². The number of nitrogens with two attached hydrogens (primary N) is 1. The summed E-state index contributed by atoms with van der Waals surface area (Å²) in [6.45, 7) is 0. The molecule has 3 nitrogen and oxygen atoms in total. The number of hydrogen-bond acceptors (Lipinski definition) is 2. The number of rotatable bonds is 2. The van der Waals surface area contributed by atoms with Crippen molar-refractivity contribution in [3.05, 3.63) is 47.3 Å². The number of halogens is 5. The highest BCUT2D eigenvalue weighted by Crippen LogP contribution is 2.30. The largest absolute Gasteiger partial charge is 0.419 e. The summed E-state index contributed by atoms with van der Waals surface area (Å²) < 4.78 is 65.2. The van der Waals surface area contributed by atoms with Crippen LogP contribution < -0.4 is 5.73 Å². The third-order valence-electron chi connectivity index (χ3n) is 2.44. The predicted molar refractivity (Wildman–Crippen MR) is 64.4 cm³/mol. The molecule has 0 bridgehead atoms. The lowest BCUT2D eigenvalue weighted by Crippen LogP contribution is -2.12. The molecular formula is C11H6F5N3S. The number of benzene rings is 1. The van der Waals surface area contributed by atoms with Crippen LogP contribution in [0.3, 0.4) is 0 Å². The summed E-state index contributed by atoms with van der Waals surface area (Å²) >= 11 is 4.57. The van der Waals surface area contributed by atoms with Gasteiger partial charge in [0, 0.05) is 11.8 Å². The van der Waals surface area contributed by atoms with Crippen LogP contribution in [0.1, 0.15) is 11.1 Å². The van der Waals surface area contributed by atoms with Gasteiger partial charge in [-0.15, -0.1) is 0 Å². The number of alkyl halides is 3. The average molecular weight is 307 g/mol. The lowest BCUT2D eigenvalue weighted by molar-refractivity contribution is -0.137. The van der Waals surface area contributed by atoms with Gasteiger partial charge < -0.3 is 5.73 Å². The van der Waals surface area contributed by atoms with E-state index in [4.69, 9.17) is 5.73 Å². The Balaban J connectivity index is 2.53. The molecule has 2 rings (SSSR count). The molecule has 0 unspecified atom stereocenters. The first-order valence-electron chi connectivity index (χ1n) is 5.11. The SMILES string of the molecule is NC(=S)c1cc(F)c(-n2cc(C(F)(F)F)cn2)c(F)c1. The summed E-state index contributed by atoms with van der Waals surface area (Å²) in [7, 11) is 0. The molecule has 2 aromatic rings. The summed E-state index contributed by atoms with van der Waals surface area (Å²) in [5.74, 6) is -2.24. The molecule has 106 valence electrons. The van der Waals surface area contributed by atoms with E-state index in [9.17, 15) is 22.0 Å². The number of nitrogens with zero attached hydrogens (tertiary/aromatic N) is 2. The number of thiocarbonyl (C=S) groups is 1. The second-order valence-electron chi connectivity index (χ2n) is 3.82. The fourth-order valence-electron chi connectivity index (χ4n) is 1.52. The van der Waals surface area contributed by atoms with Gasteiger partial charge in [0.15, 0.2) is 11.6 Å². The maximum atomic E-state index is 13.8. The van der Waals surface area contributed by atoms with Crippen molar-refractivity contribution in [2.24, 2.45) is 5.73 Å². The Morgan fingerprint density at radius 3 is 2.15 bits per heavy atom. The van der Waals surface area contributed by atoms with Gasteiger partial charge in [0.05, 0.1) is 11.8 Å². The fourth-order valence-corrected chi connectivity index (χ4v) is 1.64. The summed E-state index contributed by atoms with van der Waals surface area (Å²) in [6.07, 6.45) is -3.69.